The number of carbonyl (C=O) groups excluding carboxylic acids is 1. The molecule has 1 saturated carbocycles. The zero-order valence-electron chi connectivity index (χ0n) is 13.2. The fraction of sp³-hybridized carbons (Fsp3) is 0.222. The molecule has 1 fully saturated rings. The lowest BCUT2D eigenvalue weighted by Crippen LogP contribution is -2.19. The number of benzene rings is 2. The van der Waals surface area contributed by atoms with Crippen LogP contribution in [-0.2, 0) is 0 Å². The summed E-state index contributed by atoms with van der Waals surface area (Å²) in [5.41, 5.74) is 2.99. The largest absolute Gasteiger partial charge is 0.440 e. The number of nitrogens with one attached hydrogen (secondary N) is 2. The van der Waals surface area contributed by atoms with Crippen molar-refractivity contribution in [1.82, 2.24) is 4.98 Å². The minimum Gasteiger partial charge on any atom is -0.440 e. The van der Waals surface area contributed by atoms with E-state index in [0.29, 0.717) is 11.6 Å². The molecule has 1 aromatic heterocycles. The van der Waals surface area contributed by atoms with Crippen molar-refractivity contribution in [3.8, 4) is 0 Å². The van der Waals surface area contributed by atoms with Crippen LogP contribution in [0.1, 0.15) is 24.7 Å². The van der Waals surface area contributed by atoms with Crippen LogP contribution in [-0.4, -0.2) is 17.3 Å². The third-order valence-electron chi connectivity index (χ3n) is 3.92. The first-order valence-corrected chi connectivity index (χ1v) is 9.06. The molecule has 5 nitrogen and oxygen atoms in total. The second-order valence-electron chi connectivity index (χ2n) is 5.82. The summed E-state index contributed by atoms with van der Waals surface area (Å²) in [5.74, 6) is 1.28. The van der Waals surface area contributed by atoms with Gasteiger partial charge in [0.25, 0.3) is 0 Å². The molecule has 0 saturated heterocycles. The van der Waals surface area contributed by atoms with E-state index in [1.165, 1.54) is 0 Å². The number of hydrogen-bond acceptors (Lipinski definition) is 4. The molecular weight excluding hydrogens is 322 g/mol. The number of aromatic nitrogens is 1. The maximum absolute atomic E-state index is 12.2. The average Bonchev–Trinajstić information content (AvgIpc) is 3.34. The minimum atomic E-state index is -0.279. The Balaban J connectivity index is 1.47. The maximum atomic E-state index is 12.2. The normalized spacial score (nSPS) is 13.9. The van der Waals surface area contributed by atoms with Crippen LogP contribution in [0.25, 0.3) is 11.1 Å². The van der Waals surface area contributed by atoms with Gasteiger partial charge in [-0.25, -0.2) is 9.78 Å². The molecule has 24 heavy (non-hydrogen) atoms. The van der Waals surface area contributed by atoms with Crippen molar-refractivity contribution >= 4 is 40.3 Å². The highest BCUT2D eigenvalue weighted by Crippen LogP contribution is 2.40. The Bertz CT molecular complexity index is 902. The topological polar surface area (TPSA) is 67.2 Å². The van der Waals surface area contributed by atoms with Crippen molar-refractivity contribution in [2.45, 2.75) is 23.7 Å². The number of rotatable bonds is 4. The van der Waals surface area contributed by atoms with E-state index >= 15 is 0 Å². The molecule has 122 valence electrons. The molecule has 0 unspecified atom stereocenters. The number of hydrogen-bond donors (Lipinski definition) is 2. The SMILES string of the molecule is CSc1cccc(NC(=O)Nc2ccc3oc(C4CC4)nc3c2)c1. The molecule has 0 atom stereocenters. The molecule has 4 rings (SSSR count). The van der Waals surface area contributed by atoms with E-state index in [2.05, 4.69) is 15.6 Å². The number of fused-ring (bicyclic) bond motifs is 1. The third-order valence-corrected chi connectivity index (χ3v) is 4.64. The Morgan fingerprint density at radius 1 is 1.17 bits per heavy atom. The highest BCUT2D eigenvalue weighted by molar-refractivity contribution is 7.98. The average molecular weight is 339 g/mol. The van der Waals surface area contributed by atoms with Gasteiger partial charge in [0.2, 0.25) is 0 Å². The summed E-state index contributed by atoms with van der Waals surface area (Å²) in [7, 11) is 0. The monoisotopic (exact) mass is 339 g/mol. The van der Waals surface area contributed by atoms with E-state index < -0.39 is 0 Å². The van der Waals surface area contributed by atoms with Crippen LogP contribution >= 0.6 is 11.8 Å². The minimum absolute atomic E-state index is 0.279. The first kappa shape index (κ1) is 15.1. The lowest BCUT2D eigenvalue weighted by atomic mass is 10.3. The fourth-order valence-electron chi connectivity index (χ4n) is 2.52. The summed E-state index contributed by atoms with van der Waals surface area (Å²) in [6.07, 6.45) is 4.30. The van der Waals surface area contributed by atoms with Gasteiger partial charge in [0.1, 0.15) is 5.52 Å². The standard InChI is InChI=1S/C18H17N3O2S/c1-24-14-4-2-3-12(9-14)19-18(22)20-13-7-8-16-15(10-13)21-17(23-16)11-5-6-11/h2-4,7-11H,5-6H2,1H3,(H2,19,20,22). The smallest absolute Gasteiger partial charge is 0.323 e. The van der Waals surface area contributed by atoms with Crippen LogP contribution < -0.4 is 10.6 Å². The lowest BCUT2D eigenvalue weighted by molar-refractivity contribution is 0.262. The molecule has 6 heteroatoms. The first-order valence-electron chi connectivity index (χ1n) is 7.84. The lowest BCUT2D eigenvalue weighted by Gasteiger charge is -2.08. The van der Waals surface area contributed by atoms with Gasteiger partial charge in [-0.15, -0.1) is 11.8 Å². The number of carbonyl (C=O) groups is 1. The maximum Gasteiger partial charge on any atom is 0.323 e. The number of amides is 2. The third kappa shape index (κ3) is 3.23. The molecule has 0 radical (unpaired) electrons. The van der Waals surface area contributed by atoms with Crippen LogP contribution in [0.3, 0.4) is 0 Å². The van der Waals surface area contributed by atoms with Crippen molar-refractivity contribution in [3.63, 3.8) is 0 Å². The zero-order chi connectivity index (χ0) is 16.5. The molecule has 1 heterocycles. The van der Waals surface area contributed by atoms with Crippen LogP contribution in [0.4, 0.5) is 16.2 Å². The number of anilines is 2. The Kier molecular flexibility index (Phi) is 3.90. The van der Waals surface area contributed by atoms with Crippen LogP contribution in [0.2, 0.25) is 0 Å². The second kappa shape index (κ2) is 6.20. The molecule has 0 bridgehead atoms. The van der Waals surface area contributed by atoms with Crippen LogP contribution in [0.15, 0.2) is 51.8 Å². The molecule has 0 aliphatic heterocycles. The van der Waals surface area contributed by atoms with E-state index in [4.69, 9.17) is 4.42 Å². The predicted molar refractivity (Wildman–Crippen MR) is 96.8 cm³/mol. The molecule has 2 aromatic carbocycles. The van der Waals surface area contributed by atoms with Gasteiger partial charge in [0.05, 0.1) is 0 Å². The Hall–Kier alpha value is -2.47. The summed E-state index contributed by atoms with van der Waals surface area (Å²) in [4.78, 5) is 17.8. The van der Waals surface area contributed by atoms with Gasteiger partial charge in [-0.3, -0.25) is 0 Å². The van der Waals surface area contributed by atoms with E-state index in [1.807, 2.05) is 48.7 Å². The van der Waals surface area contributed by atoms with Crippen LogP contribution in [0, 0.1) is 0 Å². The summed E-state index contributed by atoms with van der Waals surface area (Å²) in [5, 5.41) is 5.68. The Morgan fingerprint density at radius 2 is 1.96 bits per heavy atom. The van der Waals surface area contributed by atoms with Crippen molar-refractivity contribution in [2.24, 2.45) is 0 Å². The summed E-state index contributed by atoms with van der Waals surface area (Å²) < 4.78 is 5.73. The van der Waals surface area contributed by atoms with E-state index in [9.17, 15) is 4.79 Å². The van der Waals surface area contributed by atoms with Crippen molar-refractivity contribution in [2.75, 3.05) is 16.9 Å². The fourth-order valence-corrected chi connectivity index (χ4v) is 2.98. The van der Waals surface area contributed by atoms with E-state index in [0.717, 1.165) is 40.4 Å². The molecule has 1 aliphatic carbocycles. The highest BCUT2D eigenvalue weighted by Gasteiger charge is 2.28. The van der Waals surface area contributed by atoms with Crippen molar-refractivity contribution in [1.29, 1.82) is 0 Å². The molecule has 2 amide bonds. The second-order valence-corrected chi connectivity index (χ2v) is 6.70. The number of nitrogens with zero attached hydrogens (tertiary/aromatic N) is 1. The van der Waals surface area contributed by atoms with Crippen LogP contribution in [0.5, 0.6) is 0 Å². The predicted octanol–water partition coefficient (Wildman–Crippen LogP) is 5.07. The summed E-state index contributed by atoms with van der Waals surface area (Å²) >= 11 is 1.63. The number of urea groups is 1. The van der Waals surface area contributed by atoms with Gasteiger partial charge in [-0.2, -0.15) is 0 Å². The van der Waals surface area contributed by atoms with E-state index in [1.54, 1.807) is 11.8 Å². The van der Waals surface area contributed by atoms with Gasteiger partial charge in [-0.1, -0.05) is 6.07 Å². The highest BCUT2D eigenvalue weighted by atomic mass is 32.2. The van der Waals surface area contributed by atoms with Gasteiger partial charge < -0.3 is 15.1 Å². The molecule has 3 aromatic rings. The zero-order valence-corrected chi connectivity index (χ0v) is 14.0. The van der Waals surface area contributed by atoms with Gasteiger partial charge >= 0.3 is 6.03 Å². The summed E-state index contributed by atoms with van der Waals surface area (Å²) in [6.45, 7) is 0. The van der Waals surface area contributed by atoms with Gasteiger partial charge in [0, 0.05) is 22.2 Å². The van der Waals surface area contributed by atoms with Gasteiger partial charge in [0.15, 0.2) is 11.5 Å². The summed E-state index contributed by atoms with van der Waals surface area (Å²) in [6, 6.07) is 12.9. The van der Waals surface area contributed by atoms with Gasteiger partial charge in [-0.05, 0) is 55.5 Å². The molecule has 1 aliphatic rings. The van der Waals surface area contributed by atoms with Crippen molar-refractivity contribution in [3.05, 3.63) is 48.4 Å². The molecule has 0 spiro atoms. The Labute approximate surface area is 143 Å². The van der Waals surface area contributed by atoms with Crippen molar-refractivity contribution < 1.29 is 9.21 Å². The van der Waals surface area contributed by atoms with E-state index in [-0.39, 0.29) is 6.03 Å². The quantitative estimate of drug-likeness (QED) is 0.651. The number of oxazole rings is 1. The molecule has 2 N–H and O–H groups in total. The molecular formula is C18H17N3O2S. The number of thioether (sulfide) groups is 1. The first-order chi connectivity index (χ1) is 11.7. The Morgan fingerprint density at radius 3 is 2.71 bits per heavy atom.